The van der Waals surface area contributed by atoms with Crippen LogP contribution < -0.4 is 10.6 Å². The van der Waals surface area contributed by atoms with E-state index in [0.717, 1.165) is 46.9 Å². The number of fused-ring (bicyclic) bond motifs is 1. The highest BCUT2D eigenvalue weighted by Crippen LogP contribution is 2.19. The summed E-state index contributed by atoms with van der Waals surface area (Å²) in [6.07, 6.45) is 4.64. The number of benzene rings is 1. The lowest BCUT2D eigenvalue weighted by Crippen LogP contribution is -2.38. The normalized spacial score (nSPS) is 11.9. The van der Waals surface area contributed by atoms with Crippen LogP contribution in [0.1, 0.15) is 22.4 Å². The fourth-order valence-corrected chi connectivity index (χ4v) is 3.36. The third kappa shape index (κ3) is 4.57. The maximum Gasteiger partial charge on any atom is 0.191 e. The van der Waals surface area contributed by atoms with Crippen molar-refractivity contribution in [2.45, 2.75) is 26.8 Å². The van der Waals surface area contributed by atoms with Gasteiger partial charge in [-0.3, -0.25) is 0 Å². The van der Waals surface area contributed by atoms with Gasteiger partial charge in [0.15, 0.2) is 5.96 Å². The number of H-pyrrole nitrogens is 1. The Morgan fingerprint density at radius 3 is 3.00 bits per heavy atom. The number of hydrogen-bond donors (Lipinski definition) is 3. The fourth-order valence-electron chi connectivity index (χ4n) is 2.64. The molecule has 0 aliphatic heterocycles. The first-order valence-electron chi connectivity index (χ1n) is 8.34. The number of aromatic amines is 1. The molecular formula is C18H22FN5S. The molecule has 132 valence electrons. The molecule has 0 saturated heterocycles. The van der Waals surface area contributed by atoms with E-state index in [2.05, 4.69) is 25.6 Å². The topological polar surface area (TPSA) is 65.1 Å². The Hall–Kier alpha value is -2.41. The molecule has 0 unspecified atom stereocenters. The molecule has 0 radical (unpaired) electrons. The van der Waals surface area contributed by atoms with Gasteiger partial charge in [0.2, 0.25) is 0 Å². The summed E-state index contributed by atoms with van der Waals surface area (Å²) in [6, 6.07) is 4.84. The minimum Gasteiger partial charge on any atom is -0.361 e. The molecule has 2 aromatic heterocycles. The summed E-state index contributed by atoms with van der Waals surface area (Å²) in [6.45, 7) is 6.20. The maximum absolute atomic E-state index is 13.3. The van der Waals surface area contributed by atoms with E-state index in [1.807, 2.05) is 32.3 Å². The number of aliphatic imine (C=N–C) groups is 1. The SMILES string of the molecule is CCNC(=NCc1ncc(C)s1)NCCc1c[nH]c2cc(F)ccc12. The molecule has 0 saturated carbocycles. The summed E-state index contributed by atoms with van der Waals surface area (Å²) >= 11 is 1.66. The molecule has 0 amide bonds. The molecule has 3 N–H and O–H groups in total. The second-order valence-electron chi connectivity index (χ2n) is 5.74. The largest absolute Gasteiger partial charge is 0.361 e. The minimum absolute atomic E-state index is 0.224. The molecule has 3 rings (SSSR count). The van der Waals surface area contributed by atoms with Gasteiger partial charge in [0.1, 0.15) is 10.8 Å². The molecule has 3 aromatic rings. The zero-order valence-electron chi connectivity index (χ0n) is 14.4. The molecule has 25 heavy (non-hydrogen) atoms. The van der Waals surface area contributed by atoms with Crippen molar-refractivity contribution in [2.24, 2.45) is 4.99 Å². The van der Waals surface area contributed by atoms with Crippen LogP contribution in [0.5, 0.6) is 0 Å². The van der Waals surface area contributed by atoms with E-state index < -0.39 is 0 Å². The van der Waals surface area contributed by atoms with Crippen molar-refractivity contribution in [2.75, 3.05) is 13.1 Å². The van der Waals surface area contributed by atoms with Gasteiger partial charge in [0.05, 0.1) is 6.54 Å². The number of nitrogens with zero attached hydrogens (tertiary/aromatic N) is 2. The molecule has 0 fully saturated rings. The van der Waals surface area contributed by atoms with Crippen LogP contribution in [0.2, 0.25) is 0 Å². The van der Waals surface area contributed by atoms with Crippen molar-refractivity contribution in [3.05, 3.63) is 51.9 Å². The van der Waals surface area contributed by atoms with E-state index in [-0.39, 0.29) is 5.82 Å². The summed E-state index contributed by atoms with van der Waals surface area (Å²) in [5.74, 6) is 0.555. The number of thiazole rings is 1. The molecule has 1 aromatic carbocycles. The Kier molecular flexibility index (Phi) is 5.65. The molecule has 0 bridgehead atoms. The van der Waals surface area contributed by atoms with Crippen LogP contribution in [0, 0.1) is 12.7 Å². The average molecular weight is 359 g/mol. The van der Waals surface area contributed by atoms with Crippen molar-refractivity contribution < 1.29 is 4.39 Å². The van der Waals surface area contributed by atoms with Crippen molar-refractivity contribution >= 4 is 28.2 Å². The van der Waals surface area contributed by atoms with E-state index >= 15 is 0 Å². The highest BCUT2D eigenvalue weighted by Gasteiger charge is 2.05. The van der Waals surface area contributed by atoms with Crippen LogP contribution in [-0.2, 0) is 13.0 Å². The van der Waals surface area contributed by atoms with Crippen LogP contribution in [0.15, 0.2) is 35.6 Å². The van der Waals surface area contributed by atoms with Gasteiger partial charge < -0.3 is 15.6 Å². The Balaban J connectivity index is 1.59. The average Bonchev–Trinajstić information content (AvgIpc) is 3.18. The number of halogens is 1. The standard InChI is InChI=1S/C18H22FN5S/c1-3-20-18(24-11-17-23-9-12(2)25-17)21-7-6-13-10-22-16-8-14(19)4-5-15(13)16/h4-5,8-10,22H,3,6-7,11H2,1-2H3,(H2,20,21,24). The van der Waals surface area contributed by atoms with Crippen LogP contribution in [0.25, 0.3) is 10.9 Å². The number of rotatable bonds is 6. The van der Waals surface area contributed by atoms with E-state index in [1.54, 1.807) is 11.3 Å². The Morgan fingerprint density at radius 2 is 2.24 bits per heavy atom. The fraction of sp³-hybridized carbons (Fsp3) is 0.333. The first-order valence-corrected chi connectivity index (χ1v) is 9.16. The predicted octanol–water partition coefficient (Wildman–Crippen LogP) is 3.37. The molecule has 0 spiro atoms. The molecule has 7 heteroatoms. The lowest BCUT2D eigenvalue weighted by Gasteiger charge is -2.10. The second kappa shape index (κ2) is 8.11. The smallest absolute Gasteiger partial charge is 0.191 e. The lowest BCUT2D eigenvalue weighted by molar-refractivity contribution is 0.629. The predicted molar refractivity (Wildman–Crippen MR) is 102 cm³/mol. The third-order valence-corrected chi connectivity index (χ3v) is 4.70. The molecular weight excluding hydrogens is 337 g/mol. The second-order valence-corrected chi connectivity index (χ2v) is 7.06. The van der Waals surface area contributed by atoms with Gasteiger partial charge in [-0.1, -0.05) is 0 Å². The number of hydrogen-bond acceptors (Lipinski definition) is 3. The van der Waals surface area contributed by atoms with Crippen LogP contribution in [0.3, 0.4) is 0 Å². The highest BCUT2D eigenvalue weighted by molar-refractivity contribution is 7.11. The van der Waals surface area contributed by atoms with E-state index in [9.17, 15) is 4.39 Å². The highest BCUT2D eigenvalue weighted by atomic mass is 32.1. The Labute approximate surface area is 150 Å². The van der Waals surface area contributed by atoms with Crippen molar-refractivity contribution in [3.8, 4) is 0 Å². The van der Waals surface area contributed by atoms with Gasteiger partial charge in [-0.05, 0) is 44.0 Å². The summed E-state index contributed by atoms with van der Waals surface area (Å²) in [7, 11) is 0. The zero-order valence-corrected chi connectivity index (χ0v) is 15.2. The van der Waals surface area contributed by atoms with Crippen LogP contribution in [0.4, 0.5) is 4.39 Å². The van der Waals surface area contributed by atoms with E-state index in [1.165, 1.54) is 17.0 Å². The summed E-state index contributed by atoms with van der Waals surface area (Å²) in [5, 5.41) is 8.65. The molecule has 0 aliphatic carbocycles. The molecule has 5 nitrogen and oxygen atoms in total. The number of guanidine groups is 1. The number of aryl methyl sites for hydroxylation is 1. The summed E-state index contributed by atoms with van der Waals surface area (Å²) < 4.78 is 13.3. The van der Waals surface area contributed by atoms with Gasteiger partial charge in [0, 0.05) is 41.3 Å². The third-order valence-electron chi connectivity index (χ3n) is 3.80. The first-order chi connectivity index (χ1) is 12.2. The zero-order chi connectivity index (χ0) is 17.6. The van der Waals surface area contributed by atoms with Crippen molar-refractivity contribution in [3.63, 3.8) is 0 Å². The Morgan fingerprint density at radius 1 is 1.36 bits per heavy atom. The molecule has 2 heterocycles. The first kappa shape index (κ1) is 17.4. The quantitative estimate of drug-likeness (QED) is 0.467. The lowest BCUT2D eigenvalue weighted by atomic mass is 10.1. The monoisotopic (exact) mass is 359 g/mol. The summed E-state index contributed by atoms with van der Waals surface area (Å²) in [5.41, 5.74) is 1.99. The minimum atomic E-state index is -0.224. The van der Waals surface area contributed by atoms with Gasteiger partial charge in [0.25, 0.3) is 0 Å². The van der Waals surface area contributed by atoms with E-state index in [0.29, 0.717) is 6.54 Å². The van der Waals surface area contributed by atoms with Crippen molar-refractivity contribution in [1.82, 2.24) is 20.6 Å². The number of nitrogens with one attached hydrogen (secondary N) is 3. The summed E-state index contributed by atoms with van der Waals surface area (Å²) in [4.78, 5) is 13.2. The van der Waals surface area contributed by atoms with Crippen LogP contribution >= 0.6 is 11.3 Å². The van der Waals surface area contributed by atoms with Gasteiger partial charge in [-0.15, -0.1) is 11.3 Å². The van der Waals surface area contributed by atoms with Gasteiger partial charge >= 0.3 is 0 Å². The molecule has 0 aliphatic rings. The Bertz CT molecular complexity index is 867. The van der Waals surface area contributed by atoms with Crippen LogP contribution in [-0.4, -0.2) is 29.0 Å². The maximum atomic E-state index is 13.3. The number of aromatic nitrogens is 2. The van der Waals surface area contributed by atoms with Gasteiger partial charge in [-0.2, -0.15) is 0 Å². The van der Waals surface area contributed by atoms with E-state index in [4.69, 9.17) is 0 Å². The molecule has 0 atom stereocenters. The van der Waals surface area contributed by atoms with Gasteiger partial charge in [-0.25, -0.2) is 14.4 Å². The van der Waals surface area contributed by atoms with Crippen molar-refractivity contribution in [1.29, 1.82) is 0 Å².